The lowest BCUT2D eigenvalue weighted by molar-refractivity contribution is -0.136. The first kappa shape index (κ1) is 9.26. The van der Waals surface area contributed by atoms with E-state index in [1.54, 1.807) is 0 Å². The van der Waals surface area contributed by atoms with Gasteiger partial charge >= 0.3 is 6.18 Å². The molecule has 0 spiro atoms. The third-order valence-corrected chi connectivity index (χ3v) is 2.64. The molecule has 74 valence electrons. The normalized spacial score (nSPS) is 12.2. The minimum atomic E-state index is -4.45. The van der Waals surface area contributed by atoms with Crippen molar-refractivity contribution in [2.45, 2.75) is 6.18 Å². The van der Waals surface area contributed by atoms with Crippen molar-refractivity contribution in [3.05, 3.63) is 23.1 Å². The van der Waals surface area contributed by atoms with Gasteiger partial charge < -0.3 is 5.11 Å². The molecule has 0 radical (unpaired) electrons. The number of alkyl halides is 3. The van der Waals surface area contributed by atoms with Crippen LogP contribution in [0, 0.1) is 0 Å². The van der Waals surface area contributed by atoms with Crippen LogP contribution in [0.4, 0.5) is 13.2 Å². The van der Waals surface area contributed by atoms with Crippen molar-refractivity contribution in [2.75, 3.05) is 0 Å². The van der Waals surface area contributed by atoms with Gasteiger partial charge in [-0.1, -0.05) is 0 Å². The van der Waals surface area contributed by atoms with Gasteiger partial charge in [0.05, 0.1) is 15.8 Å². The van der Waals surface area contributed by atoms with Crippen molar-refractivity contribution in [1.82, 2.24) is 4.98 Å². The summed E-state index contributed by atoms with van der Waals surface area (Å²) in [5, 5.41) is 10.5. The zero-order chi connectivity index (χ0) is 10.3. The van der Waals surface area contributed by atoms with Crippen LogP contribution in [0.2, 0.25) is 0 Å². The van der Waals surface area contributed by atoms with E-state index in [9.17, 15) is 13.2 Å². The first-order valence-corrected chi connectivity index (χ1v) is 4.51. The molecule has 0 aromatic carbocycles. The molecule has 2 rings (SSSR count). The summed E-state index contributed by atoms with van der Waals surface area (Å²) < 4.78 is 37.4. The summed E-state index contributed by atoms with van der Waals surface area (Å²) in [5.74, 6) is -0.608. The molecule has 2 aromatic heterocycles. The number of aromatic nitrogens is 1. The van der Waals surface area contributed by atoms with E-state index in [0.29, 0.717) is 6.07 Å². The standard InChI is InChI=1S/C8H4F3NOS/c9-8(10,11)4-3-6(13)12-5-1-2-14-7(4)5/h1-3H,(H,12,13). The minimum Gasteiger partial charge on any atom is -0.493 e. The Balaban J connectivity index is 2.80. The molecule has 0 amide bonds. The van der Waals surface area contributed by atoms with Gasteiger partial charge in [0.2, 0.25) is 5.88 Å². The molecular weight excluding hydrogens is 215 g/mol. The molecule has 0 aliphatic heterocycles. The van der Waals surface area contributed by atoms with Gasteiger partial charge in [-0.25, -0.2) is 4.98 Å². The number of pyridine rings is 1. The third-order valence-electron chi connectivity index (χ3n) is 1.70. The second-order valence-electron chi connectivity index (χ2n) is 2.66. The van der Waals surface area contributed by atoms with Crippen molar-refractivity contribution in [2.24, 2.45) is 0 Å². The van der Waals surface area contributed by atoms with Crippen LogP contribution < -0.4 is 0 Å². The van der Waals surface area contributed by atoms with Crippen LogP contribution in [0.25, 0.3) is 10.2 Å². The molecule has 0 fully saturated rings. The van der Waals surface area contributed by atoms with E-state index in [-0.39, 0.29) is 10.2 Å². The highest BCUT2D eigenvalue weighted by Gasteiger charge is 2.34. The molecule has 0 unspecified atom stereocenters. The quantitative estimate of drug-likeness (QED) is 0.738. The van der Waals surface area contributed by atoms with Gasteiger partial charge in [-0.2, -0.15) is 13.2 Å². The summed E-state index contributed by atoms with van der Waals surface area (Å²) >= 11 is 0.956. The van der Waals surface area contributed by atoms with Gasteiger partial charge in [-0.05, 0) is 11.4 Å². The van der Waals surface area contributed by atoms with Crippen LogP contribution in [0.1, 0.15) is 5.56 Å². The largest absolute Gasteiger partial charge is 0.493 e. The molecule has 1 N–H and O–H groups in total. The number of hydrogen-bond donors (Lipinski definition) is 1. The lowest BCUT2D eigenvalue weighted by atomic mass is 10.2. The maximum absolute atomic E-state index is 12.4. The van der Waals surface area contributed by atoms with Crippen LogP contribution in [-0.4, -0.2) is 10.1 Å². The lowest BCUT2D eigenvalue weighted by Crippen LogP contribution is -2.05. The first-order chi connectivity index (χ1) is 6.48. The number of fused-ring (bicyclic) bond motifs is 1. The number of halogens is 3. The van der Waals surface area contributed by atoms with Crippen LogP contribution in [-0.2, 0) is 6.18 Å². The smallest absolute Gasteiger partial charge is 0.418 e. The predicted octanol–water partition coefficient (Wildman–Crippen LogP) is 3.02. The summed E-state index contributed by atoms with van der Waals surface area (Å²) in [7, 11) is 0. The summed E-state index contributed by atoms with van der Waals surface area (Å²) in [4.78, 5) is 3.58. The minimum absolute atomic E-state index is 0.0512. The molecule has 0 aliphatic carbocycles. The third kappa shape index (κ3) is 1.41. The summed E-state index contributed by atoms with van der Waals surface area (Å²) in [6, 6.07) is 2.08. The van der Waals surface area contributed by atoms with Crippen molar-refractivity contribution >= 4 is 21.6 Å². The van der Waals surface area contributed by atoms with Gasteiger partial charge in [0.25, 0.3) is 0 Å². The van der Waals surface area contributed by atoms with Gasteiger partial charge in [0.1, 0.15) is 0 Å². The van der Waals surface area contributed by atoms with Gasteiger partial charge in [0.15, 0.2) is 0 Å². The number of thiophene rings is 1. The Morgan fingerprint density at radius 3 is 2.71 bits per heavy atom. The molecule has 0 saturated heterocycles. The highest BCUT2D eigenvalue weighted by molar-refractivity contribution is 7.17. The number of nitrogens with zero attached hydrogens (tertiary/aromatic N) is 1. The molecule has 0 saturated carbocycles. The Bertz CT molecular complexity index is 477. The zero-order valence-corrected chi connectivity index (χ0v) is 7.49. The number of hydrogen-bond acceptors (Lipinski definition) is 3. The molecule has 2 aromatic rings. The van der Waals surface area contributed by atoms with Gasteiger partial charge in [-0.15, -0.1) is 11.3 Å². The van der Waals surface area contributed by atoms with E-state index in [1.165, 1.54) is 11.4 Å². The van der Waals surface area contributed by atoms with E-state index in [2.05, 4.69) is 4.98 Å². The molecular formula is C8H4F3NOS. The number of rotatable bonds is 0. The first-order valence-electron chi connectivity index (χ1n) is 3.63. The Morgan fingerprint density at radius 2 is 2.07 bits per heavy atom. The van der Waals surface area contributed by atoms with Crippen LogP contribution in [0.3, 0.4) is 0 Å². The fourth-order valence-corrected chi connectivity index (χ4v) is 2.02. The van der Waals surface area contributed by atoms with Crippen molar-refractivity contribution in [3.63, 3.8) is 0 Å². The van der Waals surface area contributed by atoms with E-state index in [0.717, 1.165) is 11.3 Å². The maximum Gasteiger partial charge on any atom is 0.418 e. The molecule has 14 heavy (non-hydrogen) atoms. The van der Waals surface area contributed by atoms with E-state index >= 15 is 0 Å². The molecule has 2 nitrogen and oxygen atoms in total. The monoisotopic (exact) mass is 219 g/mol. The SMILES string of the molecule is Oc1cc(C(F)(F)F)c2sccc2n1. The highest BCUT2D eigenvalue weighted by Crippen LogP contribution is 2.38. The average molecular weight is 219 g/mol. The lowest BCUT2D eigenvalue weighted by Gasteiger charge is -2.07. The van der Waals surface area contributed by atoms with E-state index in [1.807, 2.05) is 0 Å². The van der Waals surface area contributed by atoms with E-state index in [4.69, 9.17) is 5.11 Å². The fraction of sp³-hybridized carbons (Fsp3) is 0.125. The van der Waals surface area contributed by atoms with Crippen LogP contribution in [0.15, 0.2) is 17.5 Å². The Kier molecular flexibility index (Phi) is 1.88. The Hall–Kier alpha value is -1.30. The van der Waals surface area contributed by atoms with Crippen molar-refractivity contribution < 1.29 is 18.3 Å². The molecule has 0 atom stereocenters. The van der Waals surface area contributed by atoms with Gasteiger partial charge in [-0.3, -0.25) is 0 Å². The van der Waals surface area contributed by atoms with Crippen molar-refractivity contribution in [3.8, 4) is 5.88 Å². The molecule has 0 aliphatic rings. The van der Waals surface area contributed by atoms with Gasteiger partial charge in [0, 0.05) is 6.07 Å². The van der Waals surface area contributed by atoms with Crippen LogP contribution in [0.5, 0.6) is 5.88 Å². The Morgan fingerprint density at radius 1 is 1.36 bits per heavy atom. The molecule has 0 bridgehead atoms. The summed E-state index contributed by atoms with van der Waals surface area (Å²) in [6.07, 6.45) is -4.45. The second kappa shape index (κ2) is 2.84. The zero-order valence-electron chi connectivity index (χ0n) is 6.67. The van der Waals surface area contributed by atoms with Crippen molar-refractivity contribution in [1.29, 1.82) is 0 Å². The predicted molar refractivity (Wildman–Crippen MR) is 46.3 cm³/mol. The maximum atomic E-state index is 12.4. The summed E-state index contributed by atoms with van der Waals surface area (Å²) in [6.45, 7) is 0. The van der Waals surface area contributed by atoms with Crippen LogP contribution >= 0.6 is 11.3 Å². The average Bonchev–Trinajstić information content (AvgIpc) is 2.47. The molecule has 6 heteroatoms. The topological polar surface area (TPSA) is 33.1 Å². The molecule has 2 heterocycles. The Labute approximate surface area is 80.6 Å². The summed E-state index contributed by atoms with van der Waals surface area (Å²) in [5.41, 5.74) is -0.669. The second-order valence-corrected chi connectivity index (χ2v) is 3.58. The van der Waals surface area contributed by atoms with E-state index < -0.39 is 17.6 Å². The fourth-order valence-electron chi connectivity index (χ4n) is 1.15. The number of aromatic hydroxyl groups is 1. The highest BCUT2D eigenvalue weighted by atomic mass is 32.1.